The molecule has 3 rings (SSSR count). The van der Waals surface area contributed by atoms with Gasteiger partial charge in [-0.25, -0.2) is 13.4 Å². The molecule has 4 nitrogen and oxygen atoms in total. The third-order valence-corrected chi connectivity index (χ3v) is 6.52. The molecular formula is C20H19ClN2O2S2. The fourth-order valence-electron chi connectivity index (χ4n) is 2.42. The molecule has 0 atom stereocenters. The Bertz CT molecular complexity index is 1020. The molecular weight excluding hydrogens is 400 g/mol. The second-order valence-electron chi connectivity index (χ2n) is 6.24. The lowest BCUT2D eigenvalue weighted by Crippen LogP contribution is -2.13. The summed E-state index contributed by atoms with van der Waals surface area (Å²) < 4.78 is 28.3. The Morgan fingerprint density at radius 3 is 2.41 bits per heavy atom. The van der Waals surface area contributed by atoms with Gasteiger partial charge in [-0.3, -0.25) is 4.72 Å². The van der Waals surface area contributed by atoms with Crippen LogP contribution in [0.1, 0.15) is 25.3 Å². The van der Waals surface area contributed by atoms with Crippen LogP contribution in [-0.4, -0.2) is 13.4 Å². The maximum Gasteiger partial charge on any atom is 0.261 e. The van der Waals surface area contributed by atoms with Gasteiger partial charge in [0.2, 0.25) is 0 Å². The monoisotopic (exact) mass is 418 g/mol. The predicted molar refractivity (Wildman–Crippen MR) is 111 cm³/mol. The van der Waals surface area contributed by atoms with Gasteiger partial charge in [0.05, 0.1) is 10.6 Å². The van der Waals surface area contributed by atoms with Crippen LogP contribution in [0.2, 0.25) is 5.02 Å². The SMILES string of the molecule is CC(C)c1ccc(S(=O)(=O)Nc2ccc(Cl)cc2Sc2ccccn2)cc1. The highest BCUT2D eigenvalue weighted by Gasteiger charge is 2.17. The molecule has 1 aromatic heterocycles. The summed E-state index contributed by atoms with van der Waals surface area (Å²) in [4.78, 5) is 5.17. The van der Waals surface area contributed by atoms with Gasteiger partial charge in [0, 0.05) is 16.1 Å². The standard InChI is InChI=1S/C20H19ClN2O2S2/c1-14(2)15-6-9-17(10-7-15)27(24,25)23-18-11-8-16(21)13-19(18)26-20-5-3-4-12-22-20/h3-14,23H,1-2H3. The van der Waals surface area contributed by atoms with Gasteiger partial charge >= 0.3 is 0 Å². The van der Waals surface area contributed by atoms with Crippen molar-refractivity contribution in [3.63, 3.8) is 0 Å². The topological polar surface area (TPSA) is 59.1 Å². The van der Waals surface area contributed by atoms with Gasteiger partial charge in [-0.2, -0.15) is 0 Å². The number of pyridine rings is 1. The number of sulfonamides is 1. The highest BCUT2D eigenvalue weighted by molar-refractivity contribution is 7.99. The molecule has 0 spiro atoms. The van der Waals surface area contributed by atoms with Crippen LogP contribution < -0.4 is 4.72 Å². The second kappa shape index (κ2) is 8.33. The van der Waals surface area contributed by atoms with Crippen molar-refractivity contribution < 1.29 is 8.42 Å². The Hall–Kier alpha value is -2.02. The van der Waals surface area contributed by atoms with Crippen molar-refractivity contribution in [3.8, 4) is 0 Å². The van der Waals surface area contributed by atoms with Gasteiger partial charge in [-0.15, -0.1) is 0 Å². The quantitative estimate of drug-likeness (QED) is 0.548. The van der Waals surface area contributed by atoms with Gasteiger partial charge < -0.3 is 0 Å². The van der Waals surface area contributed by atoms with Crippen LogP contribution in [-0.2, 0) is 10.0 Å². The second-order valence-corrected chi connectivity index (χ2v) is 9.42. The van der Waals surface area contributed by atoms with E-state index < -0.39 is 10.0 Å². The van der Waals surface area contributed by atoms with Crippen molar-refractivity contribution in [2.75, 3.05) is 4.72 Å². The van der Waals surface area contributed by atoms with Crippen molar-refractivity contribution >= 4 is 39.1 Å². The molecule has 2 aromatic carbocycles. The molecule has 0 fully saturated rings. The Kier molecular flexibility index (Phi) is 6.09. The number of aromatic nitrogens is 1. The molecule has 140 valence electrons. The molecule has 0 saturated carbocycles. The molecule has 27 heavy (non-hydrogen) atoms. The molecule has 7 heteroatoms. The number of nitrogens with zero attached hydrogens (tertiary/aromatic N) is 1. The molecule has 0 aliphatic rings. The predicted octanol–water partition coefficient (Wildman–Crippen LogP) is 5.81. The smallest absolute Gasteiger partial charge is 0.261 e. The van der Waals surface area contributed by atoms with E-state index in [1.54, 1.807) is 36.5 Å². The minimum absolute atomic E-state index is 0.218. The maximum absolute atomic E-state index is 12.8. The number of benzene rings is 2. The van der Waals surface area contributed by atoms with Gasteiger partial charge in [0.1, 0.15) is 5.03 Å². The van der Waals surface area contributed by atoms with Crippen molar-refractivity contribution in [1.29, 1.82) is 0 Å². The summed E-state index contributed by atoms with van der Waals surface area (Å²) in [5.74, 6) is 0.340. The van der Waals surface area contributed by atoms with E-state index in [4.69, 9.17) is 11.6 Å². The van der Waals surface area contributed by atoms with Crippen LogP contribution in [0.25, 0.3) is 0 Å². The van der Waals surface area contributed by atoms with Crippen molar-refractivity contribution in [3.05, 3.63) is 77.4 Å². The molecule has 0 saturated heterocycles. The first-order valence-electron chi connectivity index (χ1n) is 8.36. The highest BCUT2D eigenvalue weighted by atomic mass is 35.5. The number of halogens is 1. The number of hydrogen-bond acceptors (Lipinski definition) is 4. The van der Waals surface area contributed by atoms with E-state index in [0.29, 0.717) is 21.5 Å². The van der Waals surface area contributed by atoms with E-state index in [2.05, 4.69) is 23.6 Å². The van der Waals surface area contributed by atoms with Crippen LogP contribution >= 0.6 is 23.4 Å². The van der Waals surface area contributed by atoms with Crippen LogP contribution in [0.5, 0.6) is 0 Å². The van der Waals surface area contributed by atoms with Crippen molar-refractivity contribution in [1.82, 2.24) is 4.98 Å². The fourth-order valence-corrected chi connectivity index (χ4v) is 4.70. The first-order valence-corrected chi connectivity index (χ1v) is 11.0. The molecule has 0 aliphatic heterocycles. The third kappa shape index (κ3) is 5.03. The summed E-state index contributed by atoms with van der Waals surface area (Å²) in [7, 11) is -3.71. The molecule has 1 N–H and O–H groups in total. The first-order chi connectivity index (χ1) is 12.8. The lowest BCUT2D eigenvalue weighted by molar-refractivity contribution is 0.601. The van der Waals surface area contributed by atoms with Crippen LogP contribution in [0.15, 0.2) is 81.7 Å². The number of nitrogens with one attached hydrogen (secondary N) is 1. The minimum atomic E-state index is -3.71. The Morgan fingerprint density at radius 2 is 1.78 bits per heavy atom. The molecule has 0 amide bonds. The normalized spacial score (nSPS) is 11.6. The van der Waals surface area contributed by atoms with Crippen molar-refractivity contribution in [2.24, 2.45) is 0 Å². The third-order valence-electron chi connectivity index (χ3n) is 3.90. The van der Waals surface area contributed by atoms with Gasteiger partial charge in [0.25, 0.3) is 10.0 Å². The molecule has 1 heterocycles. The Morgan fingerprint density at radius 1 is 1.04 bits per heavy atom. The summed E-state index contributed by atoms with van der Waals surface area (Å²) in [5.41, 5.74) is 1.55. The number of rotatable bonds is 6. The van der Waals surface area contributed by atoms with Gasteiger partial charge in [-0.05, 0) is 53.9 Å². The number of hydrogen-bond donors (Lipinski definition) is 1. The summed E-state index contributed by atoms with van der Waals surface area (Å²) in [6, 6.07) is 17.5. The highest BCUT2D eigenvalue weighted by Crippen LogP contribution is 2.35. The maximum atomic E-state index is 12.8. The van der Waals surface area contributed by atoms with Crippen LogP contribution in [0.4, 0.5) is 5.69 Å². The minimum Gasteiger partial charge on any atom is -0.278 e. The van der Waals surface area contributed by atoms with Gasteiger partial charge in [0.15, 0.2) is 0 Å². The Labute approximate surface area is 169 Å². The lowest BCUT2D eigenvalue weighted by Gasteiger charge is -2.13. The molecule has 0 unspecified atom stereocenters. The summed E-state index contributed by atoms with van der Waals surface area (Å²) in [6.07, 6.45) is 1.69. The lowest BCUT2D eigenvalue weighted by atomic mass is 10.0. The molecule has 3 aromatic rings. The molecule has 0 bridgehead atoms. The van der Waals surface area contributed by atoms with E-state index in [9.17, 15) is 8.42 Å². The van der Waals surface area contributed by atoms with Crippen molar-refractivity contribution in [2.45, 2.75) is 34.6 Å². The Balaban J connectivity index is 1.90. The van der Waals surface area contributed by atoms with Crippen LogP contribution in [0, 0.1) is 0 Å². The molecule has 0 aliphatic carbocycles. The zero-order valence-corrected chi connectivity index (χ0v) is 17.3. The van der Waals surface area contributed by atoms with E-state index in [1.165, 1.54) is 11.8 Å². The van der Waals surface area contributed by atoms with E-state index in [1.807, 2.05) is 30.3 Å². The number of anilines is 1. The van der Waals surface area contributed by atoms with Gasteiger partial charge in [-0.1, -0.05) is 55.4 Å². The largest absolute Gasteiger partial charge is 0.278 e. The average Bonchev–Trinajstić information content (AvgIpc) is 2.65. The fraction of sp³-hybridized carbons (Fsp3) is 0.150. The summed E-state index contributed by atoms with van der Waals surface area (Å²) in [6.45, 7) is 4.13. The van der Waals surface area contributed by atoms with E-state index in [-0.39, 0.29) is 4.90 Å². The zero-order chi connectivity index (χ0) is 19.4. The average molecular weight is 419 g/mol. The molecule has 0 radical (unpaired) electrons. The zero-order valence-electron chi connectivity index (χ0n) is 14.9. The van der Waals surface area contributed by atoms with E-state index in [0.717, 1.165) is 10.6 Å². The summed E-state index contributed by atoms with van der Waals surface area (Å²) >= 11 is 7.46. The summed E-state index contributed by atoms with van der Waals surface area (Å²) in [5, 5.41) is 1.28. The van der Waals surface area contributed by atoms with Crippen LogP contribution in [0.3, 0.4) is 0 Å². The first kappa shape index (κ1) is 19.7. The van der Waals surface area contributed by atoms with E-state index >= 15 is 0 Å².